The minimum absolute atomic E-state index is 0.0861. The fourth-order valence-corrected chi connectivity index (χ4v) is 2.26. The summed E-state index contributed by atoms with van der Waals surface area (Å²) >= 11 is 1.43. The molecule has 0 aliphatic carbocycles. The lowest BCUT2D eigenvalue weighted by molar-refractivity contribution is 0.570. The molecule has 0 fully saturated rings. The summed E-state index contributed by atoms with van der Waals surface area (Å²) in [6, 6.07) is 3.21. The van der Waals surface area contributed by atoms with Crippen LogP contribution in [0.15, 0.2) is 16.9 Å². The first-order chi connectivity index (χ1) is 8.74. The quantitative estimate of drug-likeness (QED) is 0.889. The van der Waals surface area contributed by atoms with Crippen molar-refractivity contribution < 1.29 is 0 Å². The van der Waals surface area contributed by atoms with Crippen LogP contribution in [0.1, 0.15) is 20.3 Å². The smallest absolute Gasteiger partial charge is 0.266 e. The van der Waals surface area contributed by atoms with Crippen LogP contribution in [0.4, 0.5) is 5.13 Å². The van der Waals surface area contributed by atoms with Gasteiger partial charge in [-0.2, -0.15) is 5.10 Å². The third-order valence-corrected chi connectivity index (χ3v) is 3.18. The summed E-state index contributed by atoms with van der Waals surface area (Å²) in [5.41, 5.74) is 0.599. The van der Waals surface area contributed by atoms with Gasteiger partial charge in [0.25, 0.3) is 5.56 Å². The van der Waals surface area contributed by atoms with Gasteiger partial charge in [-0.15, -0.1) is 10.2 Å². The third-order valence-electron chi connectivity index (χ3n) is 2.27. The van der Waals surface area contributed by atoms with Crippen molar-refractivity contribution in [1.29, 1.82) is 0 Å². The molecule has 0 saturated heterocycles. The van der Waals surface area contributed by atoms with Crippen molar-refractivity contribution in [2.45, 2.75) is 26.8 Å². The number of aryl methyl sites for hydroxylation is 1. The second-order valence-corrected chi connectivity index (χ2v) is 4.70. The van der Waals surface area contributed by atoms with Crippen molar-refractivity contribution in [3.63, 3.8) is 0 Å². The van der Waals surface area contributed by atoms with E-state index in [2.05, 4.69) is 20.6 Å². The first kappa shape index (κ1) is 12.7. The molecule has 0 radical (unpaired) electrons. The van der Waals surface area contributed by atoms with Crippen LogP contribution in [0, 0.1) is 0 Å². The molecule has 0 atom stereocenters. The van der Waals surface area contributed by atoms with Gasteiger partial charge in [0.15, 0.2) is 5.01 Å². The van der Waals surface area contributed by atoms with Crippen LogP contribution in [-0.2, 0) is 6.54 Å². The molecule has 7 heteroatoms. The fraction of sp³-hybridized carbons (Fsp3) is 0.455. The molecule has 2 rings (SSSR count). The number of hydrogen-bond donors (Lipinski definition) is 1. The van der Waals surface area contributed by atoms with Crippen molar-refractivity contribution in [2.24, 2.45) is 0 Å². The Morgan fingerprint density at radius 3 is 2.89 bits per heavy atom. The lowest BCUT2D eigenvalue weighted by Gasteiger charge is -2.02. The van der Waals surface area contributed by atoms with Gasteiger partial charge in [0.2, 0.25) is 5.13 Å². The lowest BCUT2D eigenvalue weighted by atomic mass is 10.4. The Balaban J connectivity index is 2.31. The highest BCUT2D eigenvalue weighted by molar-refractivity contribution is 7.18. The fourth-order valence-electron chi connectivity index (χ4n) is 1.48. The van der Waals surface area contributed by atoms with Crippen LogP contribution < -0.4 is 10.9 Å². The highest BCUT2D eigenvalue weighted by Gasteiger charge is 2.09. The average Bonchev–Trinajstić information content (AvgIpc) is 2.81. The molecule has 1 N–H and O–H groups in total. The van der Waals surface area contributed by atoms with Crippen molar-refractivity contribution in [3.8, 4) is 10.7 Å². The molecule has 2 heterocycles. The van der Waals surface area contributed by atoms with E-state index in [0.717, 1.165) is 23.1 Å². The molecular weight excluding hydrogens is 250 g/mol. The summed E-state index contributed by atoms with van der Waals surface area (Å²) in [7, 11) is 0. The van der Waals surface area contributed by atoms with E-state index < -0.39 is 0 Å². The summed E-state index contributed by atoms with van der Waals surface area (Å²) < 4.78 is 1.46. The molecule has 0 aromatic carbocycles. The topological polar surface area (TPSA) is 72.7 Å². The Hall–Kier alpha value is -1.76. The van der Waals surface area contributed by atoms with E-state index in [4.69, 9.17) is 0 Å². The number of anilines is 1. The van der Waals surface area contributed by atoms with Crippen molar-refractivity contribution in [2.75, 3.05) is 11.9 Å². The SMILES string of the molecule is CCCn1nc(-c2nnc(NCC)s2)ccc1=O. The number of aromatic nitrogens is 4. The number of hydrogen-bond acceptors (Lipinski definition) is 6. The van der Waals surface area contributed by atoms with E-state index in [0.29, 0.717) is 12.2 Å². The molecule has 0 aliphatic heterocycles. The van der Waals surface area contributed by atoms with E-state index >= 15 is 0 Å². The van der Waals surface area contributed by atoms with Crippen molar-refractivity contribution >= 4 is 16.5 Å². The number of nitrogens with zero attached hydrogens (tertiary/aromatic N) is 4. The predicted molar refractivity (Wildman–Crippen MR) is 71.9 cm³/mol. The van der Waals surface area contributed by atoms with Gasteiger partial charge >= 0.3 is 0 Å². The predicted octanol–water partition coefficient (Wildman–Crippen LogP) is 1.60. The molecule has 96 valence electrons. The summed E-state index contributed by atoms with van der Waals surface area (Å²) in [5, 5.41) is 16.9. The summed E-state index contributed by atoms with van der Waals surface area (Å²) in [6.07, 6.45) is 0.870. The van der Waals surface area contributed by atoms with Gasteiger partial charge in [-0.05, 0) is 19.4 Å². The van der Waals surface area contributed by atoms with Crippen LogP contribution in [0.3, 0.4) is 0 Å². The van der Waals surface area contributed by atoms with Gasteiger partial charge < -0.3 is 5.32 Å². The summed E-state index contributed by atoms with van der Waals surface area (Å²) in [4.78, 5) is 11.6. The van der Waals surface area contributed by atoms with Crippen LogP contribution in [-0.4, -0.2) is 26.5 Å². The van der Waals surface area contributed by atoms with Crippen LogP contribution >= 0.6 is 11.3 Å². The summed E-state index contributed by atoms with van der Waals surface area (Å²) in [6.45, 7) is 5.43. The van der Waals surface area contributed by atoms with Crippen LogP contribution in [0.25, 0.3) is 10.7 Å². The second-order valence-electron chi connectivity index (χ2n) is 3.72. The zero-order valence-corrected chi connectivity index (χ0v) is 11.2. The molecule has 0 amide bonds. The minimum atomic E-state index is -0.0861. The third kappa shape index (κ3) is 2.73. The van der Waals surface area contributed by atoms with E-state index in [1.807, 2.05) is 13.8 Å². The Labute approximate surface area is 109 Å². The highest BCUT2D eigenvalue weighted by atomic mass is 32.1. The zero-order chi connectivity index (χ0) is 13.0. The molecule has 0 bridgehead atoms. The van der Waals surface area contributed by atoms with Gasteiger partial charge in [-0.3, -0.25) is 4.79 Å². The van der Waals surface area contributed by atoms with E-state index in [1.54, 1.807) is 6.07 Å². The Bertz CT molecular complexity index is 577. The average molecular weight is 265 g/mol. The van der Waals surface area contributed by atoms with Gasteiger partial charge in [0, 0.05) is 19.2 Å². The molecule has 0 saturated carbocycles. The van der Waals surface area contributed by atoms with Crippen LogP contribution in [0.2, 0.25) is 0 Å². The molecule has 6 nitrogen and oxygen atoms in total. The van der Waals surface area contributed by atoms with Gasteiger partial charge in [-0.1, -0.05) is 18.3 Å². The number of rotatable bonds is 5. The molecule has 0 unspecified atom stereocenters. The van der Waals surface area contributed by atoms with E-state index in [9.17, 15) is 4.79 Å². The highest BCUT2D eigenvalue weighted by Crippen LogP contribution is 2.23. The first-order valence-electron chi connectivity index (χ1n) is 5.90. The molecule has 0 aliphatic rings. The van der Waals surface area contributed by atoms with Gasteiger partial charge in [-0.25, -0.2) is 4.68 Å². The molecule has 2 aromatic heterocycles. The van der Waals surface area contributed by atoms with E-state index in [1.165, 1.54) is 22.1 Å². The maximum Gasteiger partial charge on any atom is 0.266 e. The number of nitrogens with one attached hydrogen (secondary N) is 1. The first-order valence-corrected chi connectivity index (χ1v) is 6.72. The Morgan fingerprint density at radius 2 is 2.17 bits per heavy atom. The maximum atomic E-state index is 11.6. The van der Waals surface area contributed by atoms with E-state index in [-0.39, 0.29) is 5.56 Å². The van der Waals surface area contributed by atoms with Gasteiger partial charge in [0.05, 0.1) is 0 Å². The summed E-state index contributed by atoms with van der Waals surface area (Å²) in [5.74, 6) is 0. The maximum absolute atomic E-state index is 11.6. The Kier molecular flexibility index (Phi) is 4.03. The standard InChI is InChI=1S/C11H15N5OS/c1-3-7-16-9(17)6-5-8(15-16)10-13-14-11(18-10)12-4-2/h5-6H,3-4,7H2,1-2H3,(H,12,14). The van der Waals surface area contributed by atoms with Crippen LogP contribution in [0.5, 0.6) is 0 Å². The zero-order valence-electron chi connectivity index (χ0n) is 10.4. The minimum Gasteiger partial charge on any atom is -0.360 e. The molecule has 18 heavy (non-hydrogen) atoms. The Morgan fingerprint density at radius 1 is 1.33 bits per heavy atom. The normalized spacial score (nSPS) is 10.6. The lowest BCUT2D eigenvalue weighted by Crippen LogP contribution is -2.21. The second kappa shape index (κ2) is 5.72. The van der Waals surface area contributed by atoms with Crippen molar-refractivity contribution in [3.05, 3.63) is 22.5 Å². The van der Waals surface area contributed by atoms with Crippen molar-refractivity contribution in [1.82, 2.24) is 20.0 Å². The molecule has 0 spiro atoms. The largest absolute Gasteiger partial charge is 0.360 e. The monoisotopic (exact) mass is 265 g/mol. The van der Waals surface area contributed by atoms with Gasteiger partial charge in [0.1, 0.15) is 5.69 Å². The molecule has 2 aromatic rings. The molecular formula is C11H15N5OS.